The normalized spacial score (nSPS) is 11.9. The van der Waals surface area contributed by atoms with Gasteiger partial charge in [-0.3, -0.25) is 9.55 Å². The van der Waals surface area contributed by atoms with Crippen molar-refractivity contribution < 1.29 is 8.83 Å². The molecular formula is C36H21N3O2. The molecule has 0 radical (unpaired) electrons. The van der Waals surface area contributed by atoms with Crippen LogP contribution in [0.2, 0.25) is 0 Å². The number of hydrogen-bond acceptors (Lipinski definition) is 4. The van der Waals surface area contributed by atoms with Gasteiger partial charge in [0.25, 0.3) is 0 Å². The molecule has 4 aromatic heterocycles. The summed E-state index contributed by atoms with van der Waals surface area (Å²) in [6.45, 7) is 0. The SMILES string of the molecule is c1ccc(-c2nc3cnccc3n2-c2ccc(-c3ccc4oc5c(ccc6c7ccccc7oc65)c4c3)cc2)cc1. The molecule has 0 atom stereocenters. The molecule has 0 saturated carbocycles. The standard InChI is InChI=1S/C36H21N3O2/c1-2-6-23(7-3-1)36-38-30-21-37-19-18-31(30)39(36)25-13-10-22(11-14-25)24-12-17-33-29(20-24)28-16-15-27-26-8-4-5-9-32(26)40-34(27)35(28)41-33/h1-21H. The molecule has 5 aromatic carbocycles. The molecule has 0 N–H and O–H groups in total. The second kappa shape index (κ2) is 8.41. The van der Waals surface area contributed by atoms with Gasteiger partial charge < -0.3 is 8.83 Å². The van der Waals surface area contributed by atoms with Crippen LogP contribution in [0.15, 0.2) is 136 Å². The number of para-hydroxylation sites is 1. The van der Waals surface area contributed by atoms with Gasteiger partial charge in [-0.15, -0.1) is 0 Å². The Kier molecular flexibility index (Phi) is 4.55. The van der Waals surface area contributed by atoms with Gasteiger partial charge in [0.15, 0.2) is 11.2 Å². The average Bonchev–Trinajstić information content (AvgIpc) is 3.72. The molecule has 0 fully saturated rings. The molecule has 0 spiro atoms. The summed E-state index contributed by atoms with van der Waals surface area (Å²) >= 11 is 0. The maximum absolute atomic E-state index is 6.34. The molecule has 9 aromatic rings. The van der Waals surface area contributed by atoms with Gasteiger partial charge in [-0.1, -0.05) is 66.7 Å². The zero-order valence-electron chi connectivity index (χ0n) is 21.8. The summed E-state index contributed by atoms with van der Waals surface area (Å²) in [5.74, 6) is 0.893. The number of hydrogen-bond donors (Lipinski definition) is 0. The quantitative estimate of drug-likeness (QED) is 0.230. The molecule has 0 bridgehead atoms. The summed E-state index contributed by atoms with van der Waals surface area (Å²) < 4.78 is 14.8. The molecule has 4 heterocycles. The third-order valence-corrected chi connectivity index (χ3v) is 7.93. The minimum absolute atomic E-state index is 0.788. The van der Waals surface area contributed by atoms with Gasteiger partial charge in [0.1, 0.15) is 22.5 Å². The molecular weight excluding hydrogens is 506 g/mol. The lowest BCUT2D eigenvalue weighted by molar-refractivity contribution is 0.633. The van der Waals surface area contributed by atoms with Crippen LogP contribution in [0.25, 0.3) is 83.1 Å². The minimum Gasteiger partial charge on any atom is -0.452 e. The van der Waals surface area contributed by atoms with E-state index in [9.17, 15) is 0 Å². The summed E-state index contributed by atoms with van der Waals surface area (Å²) in [4.78, 5) is 9.20. The number of rotatable bonds is 3. The number of fused-ring (bicyclic) bond motifs is 8. The molecule has 0 aliphatic rings. The summed E-state index contributed by atoms with van der Waals surface area (Å²) in [6.07, 6.45) is 3.63. The summed E-state index contributed by atoms with van der Waals surface area (Å²) in [5, 5.41) is 4.29. The van der Waals surface area contributed by atoms with E-state index >= 15 is 0 Å². The van der Waals surface area contributed by atoms with Gasteiger partial charge >= 0.3 is 0 Å². The lowest BCUT2D eigenvalue weighted by Crippen LogP contribution is -1.97. The molecule has 192 valence electrons. The number of benzene rings is 5. The van der Waals surface area contributed by atoms with Crippen molar-refractivity contribution in [3.8, 4) is 28.2 Å². The van der Waals surface area contributed by atoms with E-state index in [1.165, 1.54) is 0 Å². The van der Waals surface area contributed by atoms with E-state index < -0.39 is 0 Å². The Labute approximate surface area is 233 Å². The highest BCUT2D eigenvalue weighted by Gasteiger charge is 2.17. The average molecular weight is 528 g/mol. The third-order valence-electron chi connectivity index (χ3n) is 7.93. The van der Waals surface area contributed by atoms with Crippen LogP contribution in [-0.4, -0.2) is 14.5 Å². The summed E-state index contributed by atoms with van der Waals surface area (Å²) in [6, 6.07) is 39.7. The monoisotopic (exact) mass is 527 g/mol. The highest BCUT2D eigenvalue weighted by Crippen LogP contribution is 2.40. The first kappa shape index (κ1) is 22.2. The van der Waals surface area contributed by atoms with Gasteiger partial charge in [0.05, 0.1) is 11.7 Å². The fourth-order valence-corrected chi connectivity index (χ4v) is 5.97. The molecule has 41 heavy (non-hydrogen) atoms. The Morgan fingerprint density at radius 1 is 0.537 bits per heavy atom. The van der Waals surface area contributed by atoms with Crippen molar-refractivity contribution in [2.45, 2.75) is 0 Å². The van der Waals surface area contributed by atoms with Gasteiger partial charge in [-0.2, -0.15) is 0 Å². The van der Waals surface area contributed by atoms with Crippen LogP contribution >= 0.6 is 0 Å². The van der Waals surface area contributed by atoms with Crippen molar-refractivity contribution in [1.82, 2.24) is 14.5 Å². The van der Waals surface area contributed by atoms with Crippen LogP contribution in [-0.2, 0) is 0 Å². The topological polar surface area (TPSA) is 57.0 Å². The van der Waals surface area contributed by atoms with Crippen molar-refractivity contribution >= 4 is 54.9 Å². The largest absolute Gasteiger partial charge is 0.452 e. The minimum atomic E-state index is 0.788. The lowest BCUT2D eigenvalue weighted by Gasteiger charge is -2.11. The van der Waals surface area contributed by atoms with Crippen LogP contribution < -0.4 is 0 Å². The lowest BCUT2D eigenvalue weighted by atomic mass is 10.0. The Bertz CT molecular complexity index is 2410. The molecule has 0 aliphatic heterocycles. The zero-order valence-corrected chi connectivity index (χ0v) is 21.8. The maximum Gasteiger partial charge on any atom is 0.178 e. The van der Waals surface area contributed by atoms with E-state index in [0.717, 1.165) is 83.1 Å². The van der Waals surface area contributed by atoms with E-state index in [0.29, 0.717) is 0 Å². The van der Waals surface area contributed by atoms with E-state index in [1.54, 1.807) is 0 Å². The van der Waals surface area contributed by atoms with Crippen molar-refractivity contribution in [3.05, 3.63) is 128 Å². The number of pyridine rings is 1. The second-order valence-electron chi connectivity index (χ2n) is 10.3. The fourth-order valence-electron chi connectivity index (χ4n) is 5.97. The molecule has 0 aliphatic carbocycles. The third kappa shape index (κ3) is 3.29. The Morgan fingerprint density at radius 2 is 1.24 bits per heavy atom. The second-order valence-corrected chi connectivity index (χ2v) is 10.3. The zero-order chi connectivity index (χ0) is 26.9. The number of nitrogens with zero attached hydrogens (tertiary/aromatic N) is 3. The van der Waals surface area contributed by atoms with E-state index in [-0.39, 0.29) is 0 Å². The van der Waals surface area contributed by atoms with Crippen molar-refractivity contribution in [2.75, 3.05) is 0 Å². The van der Waals surface area contributed by atoms with E-state index in [4.69, 9.17) is 13.8 Å². The predicted molar refractivity (Wildman–Crippen MR) is 164 cm³/mol. The Balaban J connectivity index is 1.16. The molecule has 5 heteroatoms. The highest BCUT2D eigenvalue weighted by molar-refractivity contribution is 6.19. The Morgan fingerprint density at radius 3 is 2.07 bits per heavy atom. The maximum atomic E-state index is 6.34. The summed E-state index contributed by atoms with van der Waals surface area (Å²) in [5.41, 5.74) is 9.54. The molecule has 0 unspecified atom stereocenters. The first-order valence-corrected chi connectivity index (χ1v) is 13.6. The molecule has 0 amide bonds. The van der Waals surface area contributed by atoms with Crippen LogP contribution in [0, 0.1) is 0 Å². The van der Waals surface area contributed by atoms with Gasteiger partial charge in [-0.25, -0.2) is 4.98 Å². The first-order valence-electron chi connectivity index (χ1n) is 13.6. The van der Waals surface area contributed by atoms with E-state index in [1.807, 2.05) is 54.9 Å². The number of furan rings is 2. The van der Waals surface area contributed by atoms with Gasteiger partial charge in [0, 0.05) is 39.0 Å². The number of imidazole rings is 1. The van der Waals surface area contributed by atoms with Crippen LogP contribution in [0.3, 0.4) is 0 Å². The molecule has 9 rings (SSSR count). The van der Waals surface area contributed by atoms with Crippen LogP contribution in [0.5, 0.6) is 0 Å². The van der Waals surface area contributed by atoms with Gasteiger partial charge in [-0.05, 0) is 59.7 Å². The van der Waals surface area contributed by atoms with Crippen LogP contribution in [0.1, 0.15) is 0 Å². The fraction of sp³-hybridized carbons (Fsp3) is 0. The molecule has 5 nitrogen and oxygen atoms in total. The highest BCUT2D eigenvalue weighted by atomic mass is 16.4. The smallest absolute Gasteiger partial charge is 0.178 e. The predicted octanol–water partition coefficient (Wildman–Crippen LogP) is 9.55. The number of aromatic nitrogens is 3. The summed E-state index contributed by atoms with van der Waals surface area (Å²) in [7, 11) is 0. The van der Waals surface area contributed by atoms with E-state index in [2.05, 4.69) is 82.3 Å². The van der Waals surface area contributed by atoms with Crippen LogP contribution in [0.4, 0.5) is 0 Å². The van der Waals surface area contributed by atoms with Crippen molar-refractivity contribution in [3.63, 3.8) is 0 Å². The van der Waals surface area contributed by atoms with Crippen molar-refractivity contribution in [2.24, 2.45) is 0 Å². The Hall–Kier alpha value is -5.68. The first-order chi connectivity index (χ1) is 20.3. The van der Waals surface area contributed by atoms with Gasteiger partial charge in [0.2, 0.25) is 0 Å². The molecule has 0 saturated heterocycles. The van der Waals surface area contributed by atoms with Crippen molar-refractivity contribution in [1.29, 1.82) is 0 Å².